The second-order valence-corrected chi connectivity index (χ2v) is 11.6. The maximum atomic E-state index is 13.7. The number of aliphatic hydroxyl groups is 1. The number of likely N-dealkylation sites (tertiary alicyclic amines) is 1. The number of rotatable bonds is 7. The smallest absolute Gasteiger partial charge is 0.407 e. The molecule has 0 spiro atoms. The van der Waals surface area contributed by atoms with E-state index in [0.29, 0.717) is 42.9 Å². The number of amides is 2. The fourth-order valence-electron chi connectivity index (χ4n) is 5.62. The third-order valence-electron chi connectivity index (χ3n) is 7.41. The molecule has 41 heavy (non-hydrogen) atoms. The summed E-state index contributed by atoms with van der Waals surface area (Å²) in [4.78, 5) is 32.8. The molecule has 1 saturated heterocycles. The summed E-state index contributed by atoms with van der Waals surface area (Å²) in [5, 5.41) is 13.5. The van der Waals surface area contributed by atoms with E-state index >= 15 is 0 Å². The number of methoxy groups -OCH3 is 1. The largest absolute Gasteiger partial charge is 0.494 e. The molecule has 2 amide bonds. The number of hydrogen-bond donors (Lipinski definition) is 2. The van der Waals surface area contributed by atoms with E-state index < -0.39 is 11.7 Å². The first-order valence-corrected chi connectivity index (χ1v) is 14.1. The van der Waals surface area contributed by atoms with E-state index in [4.69, 9.17) is 14.5 Å². The maximum Gasteiger partial charge on any atom is 0.407 e. The van der Waals surface area contributed by atoms with Gasteiger partial charge in [-0.2, -0.15) is 0 Å². The Kier molecular flexibility index (Phi) is 7.95. The van der Waals surface area contributed by atoms with Crippen LogP contribution in [-0.4, -0.2) is 74.6 Å². The molecule has 0 saturated carbocycles. The normalized spacial score (nSPS) is 15.9. The number of fused-ring (bicyclic) bond motifs is 2. The van der Waals surface area contributed by atoms with Gasteiger partial charge < -0.3 is 33.9 Å². The molecule has 2 aromatic heterocycles. The lowest BCUT2D eigenvalue weighted by atomic mass is 10.0. The van der Waals surface area contributed by atoms with E-state index in [2.05, 4.69) is 28.1 Å². The molecule has 4 aromatic rings. The fourth-order valence-corrected chi connectivity index (χ4v) is 5.62. The summed E-state index contributed by atoms with van der Waals surface area (Å²) in [6.45, 7) is 7.22. The van der Waals surface area contributed by atoms with Gasteiger partial charge in [0.1, 0.15) is 16.9 Å². The van der Waals surface area contributed by atoms with E-state index in [-0.39, 0.29) is 18.6 Å². The number of benzene rings is 2. The van der Waals surface area contributed by atoms with E-state index in [1.165, 1.54) is 0 Å². The molecular weight excluding hydrogens is 522 g/mol. The van der Waals surface area contributed by atoms with Crippen molar-refractivity contribution in [3.05, 3.63) is 48.0 Å². The Balaban J connectivity index is 1.46. The molecule has 2 N–H and O–H groups in total. The standard InChI is InChI=1S/C31H39N5O5/c1-31(2,3)41-30(39)32-22-11-8-13-35(19-22)29(38)21-16-23-27(26(18-21)40-5)34(4)28(33-23)25-17-20-10-6-7-12-24(20)36(25)14-9-15-37/h6-7,10,12,16-18,22,37H,8-9,11,13-15,19H2,1-5H3,(H,32,39). The molecule has 0 bridgehead atoms. The molecule has 0 radical (unpaired) electrons. The van der Waals surface area contributed by atoms with Crippen LogP contribution in [0.15, 0.2) is 42.5 Å². The predicted molar refractivity (Wildman–Crippen MR) is 158 cm³/mol. The number of aryl methyl sites for hydroxylation is 2. The number of aromatic nitrogens is 3. The van der Waals surface area contributed by atoms with Gasteiger partial charge >= 0.3 is 6.09 Å². The molecule has 10 heteroatoms. The lowest BCUT2D eigenvalue weighted by Crippen LogP contribution is -2.50. The van der Waals surface area contributed by atoms with E-state index in [1.54, 1.807) is 18.1 Å². The molecule has 1 atom stereocenters. The SMILES string of the molecule is COc1cc(C(=O)N2CCCC(NC(=O)OC(C)(C)C)C2)cc2nc(-c3cc4ccccc4n3CCCO)n(C)c12. The summed E-state index contributed by atoms with van der Waals surface area (Å²) in [6.07, 6.45) is 1.70. The average molecular weight is 562 g/mol. The van der Waals surface area contributed by atoms with Crippen molar-refractivity contribution in [2.24, 2.45) is 7.05 Å². The number of piperidine rings is 1. The first-order chi connectivity index (χ1) is 19.6. The van der Waals surface area contributed by atoms with Gasteiger partial charge in [0.15, 0.2) is 5.82 Å². The van der Waals surface area contributed by atoms with Crippen molar-refractivity contribution in [2.45, 2.75) is 58.2 Å². The lowest BCUT2D eigenvalue weighted by molar-refractivity contribution is 0.0452. The molecule has 3 heterocycles. The van der Waals surface area contributed by atoms with Gasteiger partial charge in [0.25, 0.3) is 5.91 Å². The number of alkyl carbamates (subject to hydrolysis) is 1. The molecule has 218 valence electrons. The highest BCUT2D eigenvalue weighted by molar-refractivity contribution is 6.00. The molecule has 1 aliphatic heterocycles. The topological polar surface area (TPSA) is 111 Å². The van der Waals surface area contributed by atoms with Crippen LogP contribution in [0, 0.1) is 0 Å². The molecular formula is C31H39N5O5. The van der Waals surface area contributed by atoms with Gasteiger partial charge in [-0.25, -0.2) is 9.78 Å². The van der Waals surface area contributed by atoms with Crippen LogP contribution in [0.1, 0.15) is 50.4 Å². The zero-order valence-electron chi connectivity index (χ0n) is 24.4. The fraction of sp³-hybridized carbons (Fsp3) is 0.452. The van der Waals surface area contributed by atoms with Crippen molar-refractivity contribution in [1.29, 1.82) is 0 Å². The van der Waals surface area contributed by atoms with Crippen molar-refractivity contribution >= 4 is 33.9 Å². The van der Waals surface area contributed by atoms with Crippen LogP contribution in [0.2, 0.25) is 0 Å². The Morgan fingerprint density at radius 2 is 1.95 bits per heavy atom. The van der Waals surface area contributed by atoms with Gasteiger partial charge in [-0.1, -0.05) is 18.2 Å². The highest BCUT2D eigenvalue weighted by Gasteiger charge is 2.28. The van der Waals surface area contributed by atoms with Crippen LogP contribution < -0.4 is 10.1 Å². The number of imidazole rings is 1. The first-order valence-electron chi connectivity index (χ1n) is 14.1. The molecule has 1 unspecified atom stereocenters. The first kappa shape index (κ1) is 28.5. The Morgan fingerprint density at radius 1 is 1.17 bits per heavy atom. The molecule has 1 aliphatic rings. The van der Waals surface area contributed by atoms with Crippen LogP contribution in [0.4, 0.5) is 4.79 Å². The predicted octanol–water partition coefficient (Wildman–Crippen LogP) is 4.72. The van der Waals surface area contributed by atoms with Crippen molar-refractivity contribution in [3.8, 4) is 17.3 Å². The Hall–Kier alpha value is -4.05. The summed E-state index contributed by atoms with van der Waals surface area (Å²) in [5.74, 6) is 1.17. The van der Waals surface area contributed by atoms with Gasteiger partial charge in [0, 0.05) is 55.8 Å². The van der Waals surface area contributed by atoms with E-state index in [0.717, 1.165) is 40.8 Å². The highest BCUT2D eigenvalue weighted by Crippen LogP contribution is 2.34. The van der Waals surface area contributed by atoms with Crippen LogP contribution in [0.3, 0.4) is 0 Å². The number of para-hydroxylation sites is 1. The summed E-state index contributed by atoms with van der Waals surface area (Å²) < 4.78 is 15.3. The summed E-state index contributed by atoms with van der Waals surface area (Å²) in [7, 11) is 3.54. The third-order valence-corrected chi connectivity index (χ3v) is 7.41. The second kappa shape index (κ2) is 11.4. The zero-order valence-corrected chi connectivity index (χ0v) is 24.4. The van der Waals surface area contributed by atoms with Gasteiger partial charge in [-0.05, 0) is 64.3 Å². The van der Waals surface area contributed by atoms with Crippen LogP contribution in [0.25, 0.3) is 33.5 Å². The lowest BCUT2D eigenvalue weighted by Gasteiger charge is -2.33. The second-order valence-electron chi connectivity index (χ2n) is 11.6. The number of carbonyl (C=O) groups is 2. The van der Waals surface area contributed by atoms with Crippen LogP contribution in [0.5, 0.6) is 5.75 Å². The Morgan fingerprint density at radius 3 is 2.68 bits per heavy atom. The Bertz CT molecular complexity index is 1580. The average Bonchev–Trinajstić information content (AvgIpc) is 3.47. The quantitative estimate of drug-likeness (QED) is 0.338. The minimum absolute atomic E-state index is 0.0957. The highest BCUT2D eigenvalue weighted by atomic mass is 16.6. The number of ether oxygens (including phenoxy) is 2. The number of nitrogens with one attached hydrogen (secondary N) is 1. The van der Waals surface area contributed by atoms with Crippen molar-refractivity contribution < 1.29 is 24.2 Å². The molecule has 2 aromatic carbocycles. The number of aliphatic hydroxyl groups excluding tert-OH is 1. The van der Waals surface area contributed by atoms with Crippen LogP contribution >= 0.6 is 0 Å². The Labute approximate surface area is 239 Å². The molecule has 0 aliphatic carbocycles. The summed E-state index contributed by atoms with van der Waals surface area (Å²) >= 11 is 0. The molecule has 5 rings (SSSR count). The van der Waals surface area contributed by atoms with E-state index in [1.807, 2.05) is 50.6 Å². The van der Waals surface area contributed by atoms with Crippen molar-refractivity contribution in [3.63, 3.8) is 0 Å². The third kappa shape index (κ3) is 5.88. The van der Waals surface area contributed by atoms with Crippen molar-refractivity contribution in [1.82, 2.24) is 24.3 Å². The summed E-state index contributed by atoms with van der Waals surface area (Å²) in [6, 6.07) is 13.7. The molecule has 10 nitrogen and oxygen atoms in total. The van der Waals surface area contributed by atoms with Gasteiger partial charge in [0.05, 0.1) is 18.3 Å². The van der Waals surface area contributed by atoms with E-state index in [9.17, 15) is 14.7 Å². The maximum absolute atomic E-state index is 13.7. The van der Waals surface area contributed by atoms with Gasteiger partial charge in [0.2, 0.25) is 0 Å². The monoisotopic (exact) mass is 561 g/mol. The number of carbonyl (C=O) groups excluding carboxylic acids is 2. The van der Waals surface area contributed by atoms with Crippen molar-refractivity contribution in [2.75, 3.05) is 26.8 Å². The van der Waals surface area contributed by atoms with Gasteiger partial charge in [-0.3, -0.25) is 4.79 Å². The number of hydrogen-bond acceptors (Lipinski definition) is 6. The van der Waals surface area contributed by atoms with Crippen LogP contribution in [-0.2, 0) is 18.3 Å². The summed E-state index contributed by atoms with van der Waals surface area (Å²) in [5.41, 5.74) is 3.35. The minimum Gasteiger partial charge on any atom is -0.494 e. The zero-order chi connectivity index (χ0) is 29.3. The minimum atomic E-state index is -0.588. The molecule has 1 fully saturated rings. The number of nitrogens with zero attached hydrogens (tertiary/aromatic N) is 4. The van der Waals surface area contributed by atoms with Gasteiger partial charge in [-0.15, -0.1) is 0 Å².